The van der Waals surface area contributed by atoms with Crippen molar-refractivity contribution in [2.45, 2.75) is 6.92 Å². The zero-order valence-electron chi connectivity index (χ0n) is 11.9. The van der Waals surface area contributed by atoms with Crippen molar-refractivity contribution in [2.24, 2.45) is 0 Å². The third-order valence-electron chi connectivity index (χ3n) is 3.14. The Morgan fingerprint density at radius 2 is 2.00 bits per heavy atom. The lowest BCUT2D eigenvalue weighted by molar-refractivity contribution is -0.113. The van der Waals surface area contributed by atoms with E-state index in [-0.39, 0.29) is 5.91 Å². The molecule has 2 aromatic rings. The summed E-state index contributed by atoms with van der Waals surface area (Å²) in [4.78, 5) is 14.7. The molecule has 0 saturated carbocycles. The summed E-state index contributed by atoms with van der Waals surface area (Å²) in [5, 5.41) is 0. The van der Waals surface area contributed by atoms with Crippen LogP contribution >= 0.6 is 24.0 Å². The third kappa shape index (κ3) is 3.05. The Hall–Kier alpha value is -2.11. The predicted octanol–water partition coefficient (Wildman–Crippen LogP) is 4.55. The fourth-order valence-corrected chi connectivity index (χ4v) is 3.27. The second-order valence-corrected chi connectivity index (χ2v) is 6.43. The van der Waals surface area contributed by atoms with Crippen LogP contribution in [0.25, 0.3) is 6.08 Å². The van der Waals surface area contributed by atoms with Gasteiger partial charge in [0.25, 0.3) is 5.91 Å². The first-order chi connectivity index (χ1) is 10.6. The Kier molecular flexibility index (Phi) is 4.27. The summed E-state index contributed by atoms with van der Waals surface area (Å²) in [6.45, 7) is 2.01. The minimum absolute atomic E-state index is 0.0945. The van der Waals surface area contributed by atoms with Gasteiger partial charge in [-0.2, -0.15) is 0 Å². The summed E-state index contributed by atoms with van der Waals surface area (Å²) < 4.78 is 5.75. The van der Waals surface area contributed by atoms with Gasteiger partial charge >= 0.3 is 0 Å². The number of hydrogen-bond acceptors (Lipinski definition) is 4. The maximum absolute atomic E-state index is 12.5. The average molecular weight is 327 g/mol. The highest BCUT2D eigenvalue weighted by Crippen LogP contribution is 2.34. The van der Waals surface area contributed by atoms with Crippen molar-refractivity contribution in [2.75, 3.05) is 4.90 Å². The molecule has 1 saturated heterocycles. The molecule has 110 valence electrons. The van der Waals surface area contributed by atoms with E-state index in [1.54, 1.807) is 29.4 Å². The minimum atomic E-state index is -0.0945. The maximum Gasteiger partial charge on any atom is 0.270 e. The van der Waals surface area contributed by atoms with E-state index in [2.05, 4.69) is 0 Å². The zero-order chi connectivity index (χ0) is 15.5. The molecule has 22 heavy (non-hydrogen) atoms. The Labute approximate surface area is 138 Å². The molecule has 2 heterocycles. The van der Waals surface area contributed by atoms with Crippen molar-refractivity contribution in [3.05, 3.63) is 71.0 Å². The molecule has 1 aromatic heterocycles. The van der Waals surface area contributed by atoms with Gasteiger partial charge in [-0.1, -0.05) is 47.8 Å². The number of thioether (sulfide) groups is 1. The average Bonchev–Trinajstić information content (AvgIpc) is 3.10. The maximum atomic E-state index is 12.5. The van der Waals surface area contributed by atoms with Crippen LogP contribution in [0.15, 0.2) is 64.1 Å². The van der Waals surface area contributed by atoms with Gasteiger partial charge in [0.1, 0.15) is 5.76 Å². The standard InChI is InChI=1S/C17H13NO2S2/c1-12-7-9-13(10-8-12)18-16(19)15(22-17(18)21)6-2-4-14-5-3-11-20-14/h2-11H,1H3/b4-2+,15-6-. The Bertz CT molecular complexity index is 758. The quantitative estimate of drug-likeness (QED) is 0.612. The second kappa shape index (κ2) is 6.34. The monoisotopic (exact) mass is 327 g/mol. The van der Waals surface area contributed by atoms with Gasteiger partial charge < -0.3 is 4.42 Å². The predicted molar refractivity (Wildman–Crippen MR) is 94.7 cm³/mol. The number of aryl methyl sites for hydroxylation is 1. The largest absolute Gasteiger partial charge is 0.465 e. The summed E-state index contributed by atoms with van der Waals surface area (Å²) in [6.07, 6.45) is 6.96. The number of thiocarbonyl (C=S) groups is 1. The van der Waals surface area contributed by atoms with Crippen molar-refractivity contribution in [3.63, 3.8) is 0 Å². The molecule has 1 aliphatic rings. The third-order valence-corrected chi connectivity index (χ3v) is 4.46. The van der Waals surface area contributed by atoms with Crippen LogP contribution in [0, 0.1) is 6.92 Å². The van der Waals surface area contributed by atoms with Gasteiger partial charge in [0.05, 0.1) is 16.9 Å². The van der Waals surface area contributed by atoms with Crippen LogP contribution in [-0.4, -0.2) is 10.2 Å². The molecule has 0 N–H and O–H groups in total. The molecule has 3 nitrogen and oxygen atoms in total. The molecular weight excluding hydrogens is 314 g/mol. The van der Waals surface area contributed by atoms with Gasteiger partial charge in [0, 0.05) is 0 Å². The first-order valence-electron chi connectivity index (χ1n) is 6.70. The van der Waals surface area contributed by atoms with Gasteiger partial charge in [-0.3, -0.25) is 9.69 Å². The Morgan fingerprint density at radius 3 is 2.68 bits per heavy atom. The number of allylic oxidation sites excluding steroid dienone is 2. The van der Waals surface area contributed by atoms with Crippen LogP contribution < -0.4 is 4.90 Å². The molecule has 1 aliphatic heterocycles. The van der Waals surface area contributed by atoms with E-state index in [9.17, 15) is 4.79 Å². The second-order valence-electron chi connectivity index (χ2n) is 4.75. The lowest BCUT2D eigenvalue weighted by Gasteiger charge is -2.14. The van der Waals surface area contributed by atoms with Crippen LogP contribution in [0.2, 0.25) is 0 Å². The summed E-state index contributed by atoms with van der Waals surface area (Å²) in [6, 6.07) is 11.4. The number of amides is 1. The fraction of sp³-hybridized carbons (Fsp3) is 0.0588. The summed E-state index contributed by atoms with van der Waals surface area (Å²) >= 11 is 6.63. The molecule has 0 unspecified atom stereocenters. The first kappa shape index (κ1) is 14.8. The topological polar surface area (TPSA) is 33.5 Å². The van der Waals surface area contributed by atoms with E-state index >= 15 is 0 Å². The number of furan rings is 1. The minimum Gasteiger partial charge on any atom is -0.465 e. The SMILES string of the molecule is Cc1ccc(N2C(=O)/C(=C/C=C/c3ccco3)SC2=S)cc1. The van der Waals surface area contributed by atoms with Crippen molar-refractivity contribution in [3.8, 4) is 0 Å². The molecule has 5 heteroatoms. The molecule has 0 atom stereocenters. The lowest BCUT2D eigenvalue weighted by atomic mass is 10.2. The van der Waals surface area contributed by atoms with E-state index in [4.69, 9.17) is 16.6 Å². The highest BCUT2D eigenvalue weighted by molar-refractivity contribution is 8.27. The van der Waals surface area contributed by atoms with E-state index in [0.717, 1.165) is 17.0 Å². The van der Waals surface area contributed by atoms with Gasteiger partial charge in [-0.15, -0.1) is 0 Å². The Morgan fingerprint density at radius 1 is 1.23 bits per heavy atom. The molecule has 0 bridgehead atoms. The first-order valence-corrected chi connectivity index (χ1v) is 7.92. The van der Waals surface area contributed by atoms with E-state index < -0.39 is 0 Å². The van der Waals surface area contributed by atoms with Gasteiger partial charge in [-0.05, 0) is 43.3 Å². The number of carbonyl (C=O) groups is 1. The van der Waals surface area contributed by atoms with Crippen LogP contribution in [0.3, 0.4) is 0 Å². The molecular formula is C17H13NO2S2. The summed E-state index contributed by atoms with van der Waals surface area (Å²) in [5.74, 6) is 0.646. The van der Waals surface area contributed by atoms with Crippen molar-refractivity contribution in [1.29, 1.82) is 0 Å². The number of anilines is 1. The number of carbonyl (C=O) groups excluding carboxylic acids is 1. The molecule has 0 spiro atoms. The molecule has 3 rings (SSSR count). The molecule has 0 radical (unpaired) electrons. The van der Waals surface area contributed by atoms with E-state index in [1.807, 2.05) is 43.3 Å². The van der Waals surface area contributed by atoms with Gasteiger partial charge in [0.15, 0.2) is 4.32 Å². The zero-order valence-corrected chi connectivity index (χ0v) is 13.5. The molecule has 1 amide bonds. The molecule has 1 fully saturated rings. The highest BCUT2D eigenvalue weighted by Gasteiger charge is 2.32. The number of benzene rings is 1. The fourth-order valence-electron chi connectivity index (χ4n) is 2.01. The van der Waals surface area contributed by atoms with Crippen LogP contribution in [-0.2, 0) is 4.79 Å². The summed E-state index contributed by atoms with van der Waals surface area (Å²) in [7, 11) is 0. The lowest BCUT2D eigenvalue weighted by Crippen LogP contribution is -2.27. The van der Waals surface area contributed by atoms with Crippen LogP contribution in [0.5, 0.6) is 0 Å². The molecule has 1 aromatic carbocycles. The number of nitrogens with zero attached hydrogens (tertiary/aromatic N) is 1. The highest BCUT2D eigenvalue weighted by atomic mass is 32.2. The van der Waals surface area contributed by atoms with E-state index in [1.165, 1.54) is 11.8 Å². The number of hydrogen-bond donors (Lipinski definition) is 0. The van der Waals surface area contributed by atoms with Crippen LogP contribution in [0.1, 0.15) is 11.3 Å². The number of rotatable bonds is 3. The van der Waals surface area contributed by atoms with Gasteiger partial charge in [-0.25, -0.2) is 0 Å². The summed E-state index contributed by atoms with van der Waals surface area (Å²) in [5.41, 5.74) is 1.94. The Balaban J connectivity index is 1.80. The van der Waals surface area contributed by atoms with Gasteiger partial charge in [0.2, 0.25) is 0 Å². The molecule has 0 aliphatic carbocycles. The van der Waals surface area contributed by atoms with Crippen molar-refractivity contribution in [1.82, 2.24) is 0 Å². The smallest absolute Gasteiger partial charge is 0.270 e. The van der Waals surface area contributed by atoms with E-state index in [0.29, 0.717) is 9.23 Å². The van der Waals surface area contributed by atoms with Crippen molar-refractivity contribution < 1.29 is 9.21 Å². The van der Waals surface area contributed by atoms with Crippen molar-refractivity contribution >= 4 is 46.0 Å². The normalized spacial score (nSPS) is 17.1. The van der Waals surface area contributed by atoms with Crippen LogP contribution in [0.4, 0.5) is 5.69 Å².